The Balaban J connectivity index is 1.82. The second kappa shape index (κ2) is 7.66. The molecule has 1 aromatic rings. The van der Waals surface area contributed by atoms with E-state index in [1.54, 1.807) is 0 Å². The van der Waals surface area contributed by atoms with Crippen molar-refractivity contribution in [1.82, 2.24) is 10.2 Å². The number of benzene rings is 1. The van der Waals surface area contributed by atoms with Crippen molar-refractivity contribution >= 4 is 0 Å². The molecule has 0 aromatic heterocycles. The molecular formula is C17H28N2. The van der Waals surface area contributed by atoms with Crippen LogP contribution in [0.1, 0.15) is 38.7 Å². The SMILES string of the molecule is CCC1CN(C(C)CCc2ccccc2)CCCN1. The Bertz CT molecular complexity index is 350. The van der Waals surface area contributed by atoms with Crippen molar-refractivity contribution in [3.05, 3.63) is 35.9 Å². The summed E-state index contributed by atoms with van der Waals surface area (Å²) in [5, 5.41) is 3.65. The molecule has 0 bridgehead atoms. The molecule has 1 saturated heterocycles. The fourth-order valence-corrected chi connectivity index (χ4v) is 2.90. The van der Waals surface area contributed by atoms with Gasteiger partial charge in [0, 0.05) is 18.6 Å². The van der Waals surface area contributed by atoms with E-state index in [0.717, 1.165) is 0 Å². The smallest absolute Gasteiger partial charge is 0.0192 e. The summed E-state index contributed by atoms with van der Waals surface area (Å²) in [6.07, 6.45) is 4.98. The van der Waals surface area contributed by atoms with Crippen molar-refractivity contribution in [2.45, 2.75) is 51.6 Å². The third-order valence-corrected chi connectivity index (χ3v) is 4.32. The van der Waals surface area contributed by atoms with Crippen molar-refractivity contribution in [2.75, 3.05) is 19.6 Å². The lowest BCUT2D eigenvalue weighted by Crippen LogP contribution is -2.41. The first kappa shape index (κ1) is 14.5. The van der Waals surface area contributed by atoms with Gasteiger partial charge in [-0.2, -0.15) is 0 Å². The van der Waals surface area contributed by atoms with Gasteiger partial charge in [0.1, 0.15) is 0 Å². The predicted molar refractivity (Wildman–Crippen MR) is 82.5 cm³/mol. The normalized spacial score (nSPS) is 22.9. The zero-order chi connectivity index (χ0) is 13.5. The molecule has 106 valence electrons. The topological polar surface area (TPSA) is 15.3 Å². The molecule has 1 fully saturated rings. The molecule has 1 aliphatic heterocycles. The van der Waals surface area contributed by atoms with E-state index in [-0.39, 0.29) is 0 Å². The second-order valence-corrected chi connectivity index (χ2v) is 5.78. The summed E-state index contributed by atoms with van der Waals surface area (Å²) in [7, 11) is 0. The lowest BCUT2D eigenvalue weighted by molar-refractivity contribution is 0.195. The van der Waals surface area contributed by atoms with Crippen LogP contribution in [0.4, 0.5) is 0 Å². The van der Waals surface area contributed by atoms with E-state index in [1.807, 2.05) is 0 Å². The Kier molecular flexibility index (Phi) is 5.87. The van der Waals surface area contributed by atoms with Crippen LogP contribution in [0.5, 0.6) is 0 Å². The quantitative estimate of drug-likeness (QED) is 0.875. The zero-order valence-corrected chi connectivity index (χ0v) is 12.4. The lowest BCUT2D eigenvalue weighted by atomic mass is 10.0. The molecular weight excluding hydrogens is 232 g/mol. The molecule has 1 N–H and O–H groups in total. The van der Waals surface area contributed by atoms with Crippen LogP contribution in [-0.2, 0) is 6.42 Å². The Morgan fingerprint density at radius 2 is 2.11 bits per heavy atom. The molecule has 0 aliphatic carbocycles. The van der Waals surface area contributed by atoms with Crippen LogP contribution >= 0.6 is 0 Å². The summed E-state index contributed by atoms with van der Waals surface area (Å²) < 4.78 is 0. The minimum atomic E-state index is 0.682. The maximum absolute atomic E-state index is 3.65. The van der Waals surface area contributed by atoms with Gasteiger partial charge in [-0.1, -0.05) is 37.3 Å². The third-order valence-electron chi connectivity index (χ3n) is 4.32. The number of rotatable bonds is 5. The molecule has 0 radical (unpaired) electrons. The molecule has 2 atom stereocenters. The van der Waals surface area contributed by atoms with E-state index in [1.165, 1.54) is 50.9 Å². The van der Waals surface area contributed by atoms with Crippen LogP contribution in [0, 0.1) is 0 Å². The standard InChI is InChI=1S/C17H28N2/c1-3-17-14-19(13-7-12-18-17)15(2)10-11-16-8-5-4-6-9-16/h4-6,8-9,15,17-18H,3,7,10-14H2,1-2H3. The number of nitrogens with one attached hydrogen (secondary N) is 1. The summed E-state index contributed by atoms with van der Waals surface area (Å²) in [6, 6.07) is 12.2. The van der Waals surface area contributed by atoms with Crippen molar-refractivity contribution in [3.8, 4) is 0 Å². The fraction of sp³-hybridized carbons (Fsp3) is 0.647. The van der Waals surface area contributed by atoms with Gasteiger partial charge in [0.15, 0.2) is 0 Å². The average molecular weight is 260 g/mol. The monoisotopic (exact) mass is 260 g/mol. The van der Waals surface area contributed by atoms with Gasteiger partial charge in [0.2, 0.25) is 0 Å². The van der Waals surface area contributed by atoms with Crippen LogP contribution in [0.15, 0.2) is 30.3 Å². The summed E-state index contributed by atoms with van der Waals surface area (Å²) in [4.78, 5) is 2.68. The van der Waals surface area contributed by atoms with Crippen molar-refractivity contribution in [1.29, 1.82) is 0 Å². The van der Waals surface area contributed by atoms with E-state index in [0.29, 0.717) is 12.1 Å². The van der Waals surface area contributed by atoms with Crippen LogP contribution in [-0.4, -0.2) is 36.6 Å². The Morgan fingerprint density at radius 1 is 1.32 bits per heavy atom. The van der Waals surface area contributed by atoms with E-state index >= 15 is 0 Å². The number of hydrogen-bond acceptors (Lipinski definition) is 2. The maximum Gasteiger partial charge on any atom is 0.0192 e. The molecule has 1 aromatic carbocycles. The van der Waals surface area contributed by atoms with Gasteiger partial charge in [-0.3, -0.25) is 4.90 Å². The molecule has 1 aliphatic rings. The first-order valence-corrected chi connectivity index (χ1v) is 7.81. The Labute approximate surface area is 118 Å². The van der Waals surface area contributed by atoms with Crippen LogP contribution in [0.25, 0.3) is 0 Å². The summed E-state index contributed by atoms with van der Waals surface area (Å²) >= 11 is 0. The number of aryl methyl sites for hydroxylation is 1. The van der Waals surface area contributed by atoms with Gasteiger partial charge in [-0.15, -0.1) is 0 Å². The molecule has 1 heterocycles. The average Bonchev–Trinajstić information content (AvgIpc) is 2.71. The number of nitrogens with zero attached hydrogens (tertiary/aromatic N) is 1. The lowest BCUT2D eigenvalue weighted by Gasteiger charge is -2.30. The van der Waals surface area contributed by atoms with Gasteiger partial charge >= 0.3 is 0 Å². The van der Waals surface area contributed by atoms with E-state index in [4.69, 9.17) is 0 Å². The van der Waals surface area contributed by atoms with Crippen molar-refractivity contribution in [2.24, 2.45) is 0 Å². The number of hydrogen-bond donors (Lipinski definition) is 1. The first-order valence-electron chi connectivity index (χ1n) is 7.81. The van der Waals surface area contributed by atoms with Crippen LogP contribution in [0.2, 0.25) is 0 Å². The molecule has 0 amide bonds. The molecule has 19 heavy (non-hydrogen) atoms. The zero-order valence-electron chi connectivity index (χ0n) is 12.4. The highest BCUT2D eigenvalue weighted by Crippen LogP contribution is 2.13. The van der Waals surface area contributed by atoms with Gasteiger partial charge in [-0.05, 0) is 51.3 Å². The van der Waals surface area contributed by atoms with Gasteiger partial charge in [0.05, 0.1) is 0 Å². The molecule has 0 saturated carbocycles. The first-order chi connectivity index (χ1) is 9.29. The molecule has 2 rings (SSSR count). The predicted octanol–water partition coefficient (Wildman–Crippen LogP) is 3.08. The third kappa shape index (κ3) is 4.63. The van der Waals surface area contributed by atoms with Gasteiger partial charge < -0.3 is 5.32 Å². The van der Waals surface area contributed by atoms with Gasteiger partial charge in [-0.25, -0.2) is 0 Å². The second-order valence-electron chi connectivity index (χ2n) is 5.78. The molecule has 2 heteroatoms. The summed E-state index contributed by atoms with van der Waals surface area (Å²) in [5.41, 5.74) is 1.47. The molecule has 2 unspecified atom stereocenters. The Morgan fingerprint density at radius 3 is 2.84 bits per heavy atom. The van der Waals surface area contributed by atoms with Gasteiger partial charge in [0.25, 0.3) is 0 Å². The highest BCUT2D eigenvalue weighted by Gasteiger charge is 2.20. The fourth-order valence-electron chi connectivity index (χ4n) is 2.90. The van der Waals surface area contributed by atoms with Crippen molar-refractivity contribution < 1.29 is 0 Å². The summed E-state index contributed by atoms with van der Waals surface area (Å²) in [5.74, 6) is 0. The van der Waals surface area contributed by atoms with E-state index < -0.39 is 0 Å². The van der Waals surface area contributed by atoms with E-state index in [2.05, 4.69) is 54.4 Å². The van der Waals surface area contributed by atoms with Crippen molar-refractivity contribution in [3.63, 3.8) is 0 Å². The highest BCUT2D eigenvalue weighted by atomic mass is 15.2. The highest BCUT2D eigenvalue weighted by molar-refractivity contribution is 5.14. The maximum atomic E-state index is 3.65. The van der Waals surface area contributed by atoms with Crippen LogP contribution in [0.3, 0.4) is 0 Å². The van der Waals surface area contributed by atoms with E-state index in [9.17, 15) is 0 Å². The van der Waals surface area contributed by atoms with Crippen LogP contribution < -0.4 is 5.32 Å². The minimum Gasteiger partial charge on any atom is -0.313 e. The minimum absolute atomic E-state index is 0.682. The largest absolute Gasteiger partial charge is 0.313 e. The molecule has 0 spiro atoms. The molecule has 2 nitrogen and oxygen atoms in total. The summed E-state index contributed by atoms with van der Waals surface area (Å²) in [6.45, 7) is 8.32. The Hall–Kier alpha value is -0.860.